The maximum atomic E-state index is 11.6. The van der Waals surface area contributed by atoms with Gasteiger partial charge >= 0.3 is 5.97 Å². The van der Waals surface area contributed by atoms with Crippen molar-refractivity contribution in [3.8, 4) is 0 Å². The van der Waals surface area contributed by atoms with Gasteiger partial charge in [-0.3, -0.25) is 9.59 Å². The molecule has 4 nitrogen and oxygen atoms in total. The monoisotopic (exact) mass is 231 g/mol. The van der Waals surface area contributed by atoms with E-state index in [1.807, 2.05) is 4.90 Å². The van der Waals surface area contributed by atoms with E-state index in [2.05, 4.69) is 0 Å². The zero-order valence-corrected chi connectivity index (χ0v) is 9.59. The van der Waals surface area contributed by atoms with Crippen LogP contribution in [0.4, 0.5) is 0 Å². The first-order valence-electron chi connectivity index (χ1n) is 5.27. The standard InChI is InChI=1S/C10H17NO3S/c12-9(7-15-8-10(13)14)11-5-3-1-2-4-6-11/h1-8H2,(H,13,14). The van der Waals surface area contributed by atoms with Crippen LogP contribution in [0.15, 0.2) is 0 Å². The fourth-order valence-electron chi connectivity index (χ4n) is 1.64. The number of likely N-dealkylation sites (tertiary alicyclic amines) is 1. The highest BCUT2D eigenvalue weighted by Gasteiger charge is 2.15. The van der Waals surface area contributed by atoms with E-state index in [9.17, 15) is 9.59 Å². The molecule has 0 aromatic heterocycles. The second-order valence-electron chi connectivity index (χ2n) is 3.68. The predicted octanol–water partition coefficient (Wildman–Crippen LogP) is 1.21. The molecular formula is C10H17NO3S. The molecule has 86 valence electrons. The number of carbonyl (C=O) groups is 2. The molecule has 0 aromatic carbocycles. The number of rotatable bonds is 4. The number of carboxylic acid groups (broad SMARTS) is 1. The number of carboxylic acids is 1. The summed E-state index contributed by atoms with van der Waals surface area (Å²) in [5.74, 6) is -0.460. The second-order valence-corrected chi connectivity index (χ2v) is 4.67. The first-order chi connectivity index (χ1) is 7.20. The summed E-state index contributed by atoms with van der Waals surface area (Å²) >= 11 is 1.18. The zero-order valence-electron chi connectivity index (χ0n) is 8.78. The number of nitrogens with zero attached hydrogens (tertiary/aromatic N) is 1. The van der Waals surface area contributed by atoms with E-state index in [0.717, 1.165) is 25.9 Å². The van der Waals surface area contributed by atoms with Gasteiger partial charge in [0.15, 0.2) is 0 Å². The van der Waals surface area contributed by atoms with Crippen LogP contribution in [0.5, 0.6) is 0 Å². The Morgan fingerprint density at radius 2 is 1.67 bits per heavy atom. The molecule has 0 spiro atoms. The van der Waals surface area contributed by atoms with Gasteiger partial charge in [-0.05, 0) is 12.8 Å². The molecule has 0 unspecified atom stereocenters. The third-order valence-corrected chi connectivity index (χ3v) is 3.31. The minimum Gasteiger partial charge on any atom is -0.481 e. The molecule has 1 rings (SSSR count). The largest absolute Gasteiger partial charge is 0.481 e. The van der Waals surface area contributed by atoms with Crippen molar-refractivity contribution in [3.05, 3.63) is 0 Å². The van der Waals surface area contributed by atoms with Crippen LogP contribution in [-0.2, 0) is 9.59 Å². The number of thioether (sulfide) groups is 1. The van der Waals surface area contributed by atoms with Crippen molar-refractivity contribution < 1.29 is 14.7 Å². The minimum absolute atomic E-state index is 0.0135. The molecule has 0 saturated carbocycles. The van der Waals surface area contributed by atoms with Gasteiger partial charge in [0.25, 0.3) is 0 Å². The van der Waals surface area contributed by atoms with Crippen molar-refractivity contribution in [2.24, 2.45) is 0 Å². The number of hydrogen-bond acceptors (Lipinski definition) is 3. The van der Waals surface area contributed by atoms with Crippen molar-refractivity contribution in [3.63, 3.8) is 0 Å². The molecule has 0 aromatic rings. The number of amides is 1. The Balaban J connectivity index is 2.22. The molecule has 1 amide bonds. The summed E-state index contributed by atoms with van der Waals surface area (Å²) in [6.45, 7) is 1.68. The summed E-state index contributed by atoms with van der Waals surface area (Å²) in [6, 6.07) is 0. The Morgan fingerprint density at radius 3 is 2.20 bits per heavy atom. The molecule has 0 bridgehead atoms. The highest BCUT2D eigenvalue weighted by atomic mass is 32.2. The van der Waals surface area contributed by atoms with Gasteiger partial charge in [0, 0.05) is 13.1 Å². The Morgan fingerprint density at radius 1 is 1.07 bits per heavy atom. The van der Waals surface area contributed by atoms with Gasteiger partial charge < -0.3 is 10.0 Å². The molecule has 1 saturated heterocycles. The lowest BCUT2D eigenvalue weighted by atomic mass is 10.2. The van der Waals surface area contributed by atoms with Crippen LogP contribution >= 0.6 is 11.8 Å². The summed E-state index contributed by atoms with van der Waals surface area (Å²) < 4.78 is 0. The zero-order chi connectivity index (χ0) is 11.1. The Bertz CT molecular complexity index is 225. The first-order valence-corrected chi connectivity index (χ1v) is 6.43. The lowest BCUT2D eigenvalue weighted by Gasteiger charge is -2.19. The Labute approximate surface area is 94.0 Å². The van der Waals surface area contributed by atoms with Crippen LogP contribution < -0.4 is 0 Å². The maximum Gasteiger partial charge on any atom is 0.313 e. The van der Waals surface area contributed by atoms with Crippen LogP contribution in [-0.4, -0.2) is 46.5 Å². The molecule has 0 atom stereocenters. The fourth-order valence-corrected chi connectivity index (χ4v) is 2.27. The molecule has 15 heavy (non-hydrogen) atoms. The highest BCUT2D eigenvalue weighted by molar-refractivity contribution is 8.00. The molecule has 1 aliphatic rings. The fraction of sp³-hybridized carbons (Fsp3) is 0.800. The van der Waals surface area contributed by atoms with Gasteiger partial charge in [-0.2, -0.15) is 0 Å². The number of hydrogen-bond donors (Lipinski definition) is 1. The predicted molar refractivity (Wildman–Crippen MR) is 60.0 cm³/mol. The third kappa shape index (κ3) is 5.06. The van der Waals surface area contributed by atoms with Crippen LogP contribution in [0, 0.1) is 0 Å². The van der Waals surface area contributed by atoms with E-state index in [0.29, 0.717) is 5.75 Å². The van der Waals surface area contributed by atoms with Crippen LogP contribution in [0.3, 0.4) is 0 Å². The summed E-state index contributed by atoms with van der Waals surface area (Å²) in [6.07, 6.45) is 4.56. The van der Waals surface area contributed by atoms with E-state index in [4.69, 9.17) is 5.11 Å². The normalized spacial score (nSPS) is 17.2. The summed E-state index contributed by atoms with van der Waals surface area (Å²) in [4.78, 5) is 23.8. The highest BCUT2D eigenvalue weighted by Crippen LogP contribution is 2.11. The topological polar surface area (TPSA) is 57.6 Å². The molecule has 5 heteroatoms. The Hall–Kier alpha value is -0.710. The SMILES string of the molecule is O=C(O)CSCC(=O)N1CCCCCC1. The van der Waals surface area contributed by atoms with Crippen molar-refractivity contribution in [1.82, 2.24) is 4.90 Å². The summed E-state index contributed by atoms with van der Waals surface area (Å²) in [5, 5.41) is 8.44. The van der Waals surface area contributed by atoms with E-state index >= 15 is 0 Å². The Kier molecular flexibility index (Phi) is 5.53. The molecular weight excluding hydrogens is 214 g/mol. The van der Waals surface area contributed by atoms with Crippen molar-refractivity contribution in [1.29, 1.82) is 0 Å². The quantitative estimate of drug-likeness (QED) is 0.790. The van der Waals surface area contributed by atoms with E-state index in [1.54, 1.807) is 0 Å². The average molecular weight is 231 g/mol. The van der Waals surface area contributed by atoms with E-state index in [-0.39, 0.29) is 11.7 Å². The van der Waals surface area contributed by atoms with Crippen LogP contribution in [0.2, 0.25) is 0 Å². The van der Waals surface area contributed by atoms with Crippen LogP contribution in [0.1, 0.15) is 25.7 Å². The van der Waals surface area contributed by atoms with Gasteiger partial charge in [-0.25, -0.2) is 0 Å². The van der Waals surface area contributed by atoms with Gasteiger partial charge in [0.2, 0.25) is 5.91 Å². The van der Waals surface area contributed by atoms with Crippen LogP contribution in [0.25, 0.3) is 0 Å². The molecule has 0 aliphatic carbocycles. The average Bonchev–Trinajstić information content (AvgIpc) is 2.44. The van der Waals surface area contributed by atoms with Gasteiger partial charge in [0.1, 0.15) is 0 Å². The van der Waals surface area contributed by atoms with Crippen molar-refractivity contribution in [2.75, 3.05) is 24.6 Å². The molecule has 1 fully saturated rings. The second kappa shape index (κ2) is 6.71. The first kappa shape index (κ1) is 12.4. The lowest BCUT2D eigenvalue weighted by Crippen LogP contribution is -2.33. The molecule has 0 radical (unpaired) electrons. The summed E-state index contributed by atoms with van der Waals surface area (Å²) in [5.41, 5.74) is 0. The molecule has 1 N–H and O–H groups in total. The molecule has 1 heterocycles. The van der Waals surface area contributed by atoms with Crippen molar-refractivity contribution >= 4 is 23.6 Å². The van der Waals surface area contributed by atoms with Crippen molar-refractivity contribution in [2.45, 2.75) is 25.7 Å². The summed E-state index contributed by atoms with van der Waals surface area (Å²) in [7, 11) is 0. The molecule has 1 aliphatic heterocycles. The smallest absolute Gasteiger partial charge is 0.313 e. The lowest BCUT2D eigenvalue weighted by molar-refractivity contribution is -0.133. The number of aliphatic carboxylic acids is 1. The number of carbonyl (C=O) groups excluding carboxylic acids is 1. The van der Waals surface area contributed by atoms with Gasteiger partial charge in [0.05, 0.1) is 11.5 Å². The van der Waals surface area contributed by atoms with E-state index < -0.39 is 5.97 Å². The van der Waals surface area contributed by atoms with Gasteiger partial charge in [-0.15, -0.1) is 11.8 Å². The van der Waals surface area contributed by atoms with E-state index in [1.165, 1.54) is 24.6 Å². The third-order valence-electron chi connectivity index (χ3n) is 2.41. The van der Waals surface area contributed by atoms with Gasteiger partial charge in [-0.1, -0.05) is 12.8 Å². The maximum absolute atomic E-state index is 11.6. The minimum atomic E-state index is -0.858.